The fourth-order valence-corrected chi connectivity index (χ4v) is 4.94. The van der Waals surface area contributed by atoms with E-state index in [1.54, 1.807) is 13.8 Å². The van der Waals surface area contributed by atoms with Crippen molar-refractivity contribution >= 4 is 22.7 Å². The monoisotopic (exact) mass is 312 g/mol. The molecule has 2 fully saturated rings. The summed E-state index contributed by atoms with van der Waals surface area (Å²) in [6.07, 6.45) is 2.51. The van der Waals surface area contributed by atoms with Crippen molar-refractivity contribution in [3.63, 3.8) is 0 Å². The molecule has 0 radical (unpaired) electrons. The first-order chi connectivity index (χ1) is 8.90. The Kier molecular flexibility index (Phi) is 5.13. The van der Waals surface area contributed by atoms with Crippen LogP contribution in [-0.4, -0.2) is 29.7 Å². The molecule has 8 unspecified atom stereocenters. The molecule has 0 aliphatic heterocycles. The summed E-state index contributed by atoms with van der Waals surface area (Å²) < 4.78 is 49.3. The van der Waals surface area contributed by atoms with Crippen LogP contribution in [0.15, 0.2) is 0 Å². The maximum absolute atomic E-state index is 10.8. The van der Waals surface area contributed by atoms with E-state index in [1.807, 2.05) is 0 Å². The molecule has 19 heavy (non-hydrogen) atoms. The molecule has 0 saturated heterocycles. The Morgan fingerprint density at radius 1 is 0.947 bits per heavy atom. The summed E-state index contributed by atoms with van der Waals surface area (Å²) in [5.41, 5.74) is 0. The topological polar surface area (TPSA) is 93.1 Å². The van der Waals surface area contributed by atoms with E-state index in [0.29, 0.717) is 11.8 Å². The molecule has 0 aromatic carbocycles. The summed E-state index contributed by atoms with van der Waals surface area (Å²) in [4.78, 5) is 0. The summed E-state index contributed by atoms with van der Waals surface area (Å²) in [6, 6.07) is 0. The second-order valence-corrected chi connectivity index (χ2v) is 6.78. The fourth-order valence-electron chi connectivity index (χ4n) is 4.16. The van der Waals surface area contributed by atoms with E-state index in [2.05, 4.69) is 0 Å². The zero-order valence-electron chi connectivity index (χ0n) is 10.9. The van der Waals surface area contributed by atoms with Crippen LogP contribution < -0.4 is 0 Å². The SMILES string of the molecule is CC(OS(=O)O)C1C2CCC(C2)C1C(C)OS(=O)O. The van der Waals surface area contributed by atoms with Crippen LogP contribution in [0.2, 0.25) is 0 Å². The molecule has 2 rings (SSSR count). The van der Waals surface area contributed by atoms with E-state index >= 15 is 0 Å². The van der Waals surface area contributed by atoms with Gasteiger partial charge in [-0.2, -0.15) is 8.42 Å². The van der Waals surface area contributed by atoms with Gasteiger partial charge in [0.2, 0.25) is 0 Å². The molecule has 0 aromatic rings. The van der Waals surface area contributed by atoms with Crippen LogP contribution in [0.4, 0.5) is 0 Å². The predicted molar refractivity (Wildman–Crippen MR) is 70.4 cm³/mol. The first kappa shape index (κ1) is 15.5. The molecule has 2 bridgehead atoms. The largest absolute Gasteiger partial charge is 0.302 e. The molecule has 2 aliphatic rings. The van der Waals surface area contributed by atoms with Crippen LogP contribution in [0.3, 0.4) is 0 Å². The highest BCUT2D eigenvalue weighted by molar-refractivity contribution is 7.74. The summed E-state index contributed by atoms with van der Waals surface area (Å²) in [5.74, 6) is 1.11. The summed E-state index contributed by atoms with van der Waals surface area (Å²) in [5, 5.41) is 0. The third kappa shape index (κ3) is 3.43. The van der Waals surface area contributed by atoms with Gasteiger partial charge in [-0.25, -0.2) is 0 Å². The van der Waals surface area contributed by atoms with Crippen LogP contribution >= 0.6 is 0 Å². The lowest BCUT2D eigenvalue weighted by atomic mass is 9.74. The Morgan fingerprint density at radius 3 is 1.63 bits per heavy atom. The van der Waals surface area contributed by atoms with Gasteiger partial charge in [-0.3, -0.25) is 17.5 Å². The lowest BCUT2D eigenvalue weighted by Crippen LogP contribution is -2.39. The summed E-state index contributed by atoms with van der Waals surface area (Å²) in [6.45, 7) is 3.57. The van der Waals surface area contributed by atoms with Gasteiger partial charge in [0.05, 0.1) is 12.2 Å². The highest BCUT2D eigenvalue weighted by atomic mass is 32.2. The van der Waals surface area contributed by atoms with Crippen LogP contribution in [0.5, 0.6) is 0 Å². The van der Waals surface area contributed by atoms with Gasteiger partial charge in [-0.05, 0) is 56.8 Å². The Hall–Kier alpha value is 0.140. The molecule has 8 heteroatoms. The van der Waals surface area contributed by atoms with Crippen molar-refractivity contribution in [3.8, 4) is 0 Å². The molecule has 0 heterocycles. The molecular formula is C11H20O6S2. The number of hydrogen-bond donors (Lipinski definition) is 2. The normalized spacial score (nSPS) is 40.0. The Balaban J connectivity index is 2.10. The third-order valence-corrected chi connectivity index (χ3v) is 5.54. The van der Waals surface area contributed by atoms with E-state index in [4.69, 9.17) is 17.5 Å². The van der Waals surface area contributed by atoms with Crippen LogP contribution in [0.1, 0.15) is 33.1 Å². The number of hydrogen-bond acceptors (Lipinski definition) is 4. The predicted octanol–water partition coefficient (Wildman–Crippen LogP) is 1.73. The van der Waals surface area contributed by atoms with Gasteiger partial charge in [-0.1, -0.05) is 0 Å². The minimum absolute atomic E-state index is 0.105. The molecule has 0 spiro atoms. The van der Waals surface area contributed by atoms with Gasteiger partial charge in [0.1, 0.15) is 0 Å². The first-order valence-corrected chi connectivity index (χ1v) is 8.52. The van der Waals surface area contributed by atoms with Crippen molar-refractivity contribution in [1.29, 1.82) is 0 Å². The second-order valence-electron chi connectivity index (χ2n) is 5.52. The highest BCUT2D eigenvalue weighted by Crippen LogP contribution is 2.55. The van der Waals surface area contributed by atoms with E-state index in [1.165, 1.54) is 0 Å². The quantitative estimate of drug-likeness (QED) is 0.726. The molecule has 2 saturated carbocycles. The minimum atomic E-state index is -2.28. The smallest absolute Gasteiger partial charge is 0.284 e. The van der Waals surface area contributed by atoms with E-state index in [9.17, 15) is 8.42 Å². The average Bonchev–Trinajstić information content (AvgIpc) is 2.85. The van der Waals surface area contributed by atoms with Crippen LogP contribution in [0, 0.1) is 23.7 Å². The van der Waals surface area contributed by atoms with Crippen molar-refractivity contribution in [2.45, 2.75) is 45.3 Å². The lowest BCUT2D eigenvalue weighted by Gasteiger charge is -2.36. The second kappa shape index (κ2) is 6.28. The Labute approximate surface area is 118 Å². The van der Waals surface area contributed by atoms with Gasteiger partial charge in [0, 0.05) is 0 Å². The molecule has 6 nitrogen and oxygen atoms in total. The zero-order valence-corrected chi connectivity index (χ0v) is 12.6. The average molecular weight is 312 g/mol. The standard InChI is InChI=1S/C11H20O6S2/c1-6(16-18(12)13)10-8-3-4-9(5-8)11(10)7(2)17-19(14)15/h6-11H,3-5H2,1-2H3,(H,12,13)(H,14,15). The lowest BCUT2D eigenvalue weighted by molar-refractivity contribution is 0.0168. The Bertz CT molecular complexity index is 342. The first-order valence-electron chi connectivity index (χ1n) is 6.46. The summed E-state index contributed by atoms with van der Waals surface area (Å²) >= 11 is -4.57. The molecular weight excluding hydrogens is 292 g/mol. The van der Waals surface area contributed by atoms with E-state index < -0.39 is 22.7 Å². The minimum Gasteiger partial charge on any atom is -0.284 e. The van der Waals surface area contributed by atoms with Crippen molar-refractivity contribution < 1.29 is 25.9 Å². The summed E-state index contributed by atoms with van der Waals surface area (Å²) in [7, 11) is 0. The molecule has 112 valence electrons. The van der Waals surface area contributed by atoms with Gasteiger partial charge in [0.25, 0.3) is 0 Å². The number of rotatable bonds is 6. The van der Waals surface area contributed by atoms with Crippen LogP contribution in [0.25, 0.3) is 0 Å². The highest BCUT2D eigenvalue weighted by Gasteiger charge is 2.52. The van der Waals surface area contributed by atoms with Crippen LogP contribution in [-0.2, 0) is 31.1 Å². The molecule has 0 amide bonds. The maximum Gasteiger partial charge on any atom is 0.302 e. The van der Waals surface area contributed by atoms with E-state index in [0.717, 1.165) is 19.3 Å². The maximum atomic E-state index is 10.8. The Morgan fingerprint density at radius 2 is 1.32 bits per heavy atom. The molecule has 2 aliphatic carbocycles. The molecule has 8 atom stereocenters. The van der Waals surface area contributed by atoms with Gasteiger partial charge < -0.3 is 0 Å². The van der Waals surface area contributed by atoms with Gasteiger partial charge >= 0.3 is 22.7 Å². The molecule has 2 N–H and O–H groups in total. The van der Waals surface area contributed by atoms with Crippen molar-refractivity contribution in [1.82, 2.24) is 0 Å². The van der Waals surface area contributed by atoms with Crippen molar-refractivity contribution in [2.24, 2.45) is 23.7 Å². The number of fused-ring (bicyclic) bond motifs is 2. The zero-order chi connectivity index (χ0) is 14.2. The van der Waals surface area contributed by atoms with Crippen molar-refractivity contribution in [3.05, 3.63) is 0 Å². The van der Waals surface area contributed by atoms with Crippen molar-refractivity contribution in [2.75, 3.05) is 0 Å². The molecule has 0 aromatic heterocycles. The van der Waals surface area contributed by atoms with Gasteiger partial charge in [-0.15, -0.1) is 0 Å². The van der Waals surface area contributed by atoms with E-state index in [-0.39, 0.29) is 24.0 Å². The van der Waals surface area contributed by atoms with Gasteiger partial charge in [0.15, 0.2) is 0 Å². The third-order valence-electron chi connectivity index (χ3n) is 4.60. The fraction of sp³-hybridized carbons (Fsp3) is 1.00.